The zero-order chi connectivity index (χ0) is 7.66. The molecule has 2 nitrogen and oxygen atoms in total. The Balaban J connectivity index is -0.000000405. The maximum atomic E-state index is 5.13. The van der Waals surface area contributed by atoms with Crippen LogP contribution in [0.25, 0.3) is 0 Å². The molecule has 70 valence electrons. The van der Waals surface area contributed by atoms with E-state index in [-0.39, 0.29) is 47.0 Å². The number of hydrogen-bond donors (Lipinski definition) is 0. The van der Waals surface area contributed by atoms with Gasteiger partial charge in [-0.2, -0.15) is 13.3 Å². The third-order valence-corrected chi connectivity index (χ3v) is 1.15. The molecule has 0 amide bonds. The van der Waals surface area contributed by atoms with E-state index in [9.17, 15) is 0 Å². The molecule has 0 aromatic heterocycles. The summed E-state index contributed by atoms with van der Waals surface area (Å²) in [6.45, 7) is 6.01. The van der Waals surface area contributed by atoms with Crippen molar-refractivity contribution in [3.63, 3.8) is 0 Å². The predicted molar refractivity (Wildman–Crippen MR) is 47.4 cm³/mol. The second-order valence-corrected chi connectivity index (χ2v) is 2.07. The van der Waals surface area contributed by atoms with Crippen molar-refractivity contribution in [1.82, 2.24) is 0 Å². The van der Waals surface area contributed by atoms with Gasteiger partial charge in [0, 0.05) is 13.2 Å². The minimum Gasteiger partial charge on any atom is -1.00 e. The van der Waals surface area contributed by atoms with E-state index in [1.807, 2.05) is 6.92 Å². The summed E-state index contributed by atoms with van der Waals surface area (Å²) in [4.78, 5) is 0. The molecule has 0 fully saturated rings. The Morgan fingerprint density at radius 2 is 1.92 bits per heavy atom. The summed E-state index contributed by atoms with van der Waals surface area (Å²) >= 11 is 0. The number of unbranched alkanes of at least 4 members (excludes halogenated alkanes) is 2. The molecule has 0 rings (SSSR count). The number of rotatable bonds is 7. The van der Waals surface area contributed by atoms with Crippen LogP contribution in [-0.2, 0) is 9.47 Å². The maximum absolute atomic E-state index is 5.13. The van der Waals surface area contributed by atoms with Gasteiger partial charge in [0.1, 0.15) is 6.79 Å². The molecule has 0 saturated carbocycles. The summed E-state index contributed by atoms with van der Waals surface area (Å²) in [6.07, 6.45) is 4.37. The SMILES string of the molecule is C[CH-]CCCOCOCC.[I-].[Mg+2]. The Bertz CT molecular complexity index is 57.0. The monoisotopic (exact) mass is 296 g/mol. The van der Waals surface area contributed by atoms with E-state index >= 15 is 0 Å². The fraction of sp³-hybridized carbons (Fsp3) is 0.875. The van der Waals surface area contributed by atoms with Crippen molar-refractivity contribution in [1.29, 1.82) is 0 Å². The van der Waals surface area contributed by atoms with E-state index in [0.717, 1.165) is 26.1 Å². The summed E-state index contributed by atoms with van der Waals surface area (Å²) in [7, 11) is 0. The van der Waals surface area contributed by atoms with Crippen molar-refractivity contribution in [2.75, 3.05) is 20.0 Å². The molecule has 0 aromatic rings. The topological polar surface area (TPSA) is 18.5 Å². The van der Waals surface area contributed by atoms with Gasteiger partial charge in [-0.3, -0.25) is 0 Å². The molecule has 0 aliphatic carbocycles. The molecule has 4 heteroatoms. The first-order valence-electron chi connectivity index (χ1n) is 3.85. The van der Waals surface area contributed by atoms with Crippen LogP contribution >= 0.6 is 0 Å². The zero-order valence-corrected chi connectivity index (χ0v) is 11.6. The molecule has 0 aliphatic heterocycles. The van der Waals surface area contributed by atoms with Crippen LogP contribution in [0.3, 0.4) is 0 Å². The van der Waals surface area contributed by atoms with Gasteiger partial charge in [-0.25, -0.2) is 0 Å². The van der Waals surface area contributed by atoms with Gasteiger partial charge in [0.25, 0.3) is 0 Å². The van der Waals surface area contributed by atoms with Crippen molar-refractivity contribution >= 4 is 23.1 Å². The molecular weight excluding hydrogens is 279 g/mol. The zero-order valence-electron chi connectivity index (χ0n) is 8.01. The van der Waals surface area contributed by atoms with Crippen LogP contribution in [0, 0.1) is 6.42 Å². The Labute approximate surface area is 109 Å². The molecule has 12 heavy (non-hydrogen) atoms. The first-order valence-corrected chi connectivity index (χ1v) is 3.85. The molecule has 0 heterocycles. The average molecular weight is 296 g/mol. The van der Waals surface area contributed by atoms with E-state index < -0.39 is 0 Å². The van der Waals surface area contributed by atoms with Crippen LogP contribution in [0.15, 0.2) is 0 Å². The van der Waals surface area contributed by atoms with E-state index in [1.54, 1.807) is 0 Å². The largest absolute Gasteiger partial charge is 2.00 e. The maximum Gasteiger partial charge on any atom is 2.00 e. The van der Waals surface area contributed by atoms with Crippen LogP contribution < -0.4 is 24.0 Å². The van der Waals surface area contributed by atoms with Crippen LogP contribution in [0.1, 0.15) is 26.7 Å². The Morgan fingerprint density at radius 1 is 1.25 bits per heavy atom. The van der Waals surface area contributed by atoms with Gasteiger partial charge in [0.2, 0.25) is 0 Å². The van der Waals surface area contributed by atoms with E-state index in [4.69, 9.17) is 9.47 Å². The molecule has 0 radical (unpaired) electrons. The molecule has 0 aliphatic rings. The van der Waals surface area contributed by atoms with E-state index in [2.05, 4.69) is 13.3 Å². The number of ether oxygens (including phenoxy) is 2. The number of halogens is 1. The van der Waals surface area contributed by atoms with Gasteiger partial charge >= 0.3 is 23.1 Å². The smallest absolute Gasteiger partial charge is 1.00 e. The normalized spacial score (nSPS) is 8.50. The second-order valence-electron chi connectivity index (χ2n) is 2.07. The third kappa shape index (κ3) is 17.5. The van der Waals surface area contributed by atoms with Crippen molar-refractivity contribution < 1.29 is 33.5 Å². The minimum atomic E-state index is 0. The summed E-state index contributed by atoms with van der Waals surface area (Å²) in [5.41, 5.74) is 0. The van der Waals surface area contributed by atoms with Crippen LogP contribution in [0.5, 0.6) is 0 Å². The standard InChI is InChI=1S/C8H17O2.HI.Mg/c1-3-5-6-7-10-8-9-4-2;;/h3H,4-8H2,1-2H3;1H;/q-1;;+2/p-1. The minimum absolute atomic E-state index is 0. The van der Waals surface area contributed by atoms with Gasteiger partial charge in [0.15, 0.2) is 0 Å². The predicted octanol–water partition coefficient (Wildman–Crippen LogP) is -1.38. The molecular formula is C8H17IMgO2. The Morgan fingerprint density at radius 3 is 2.42 bits per heavy atom. The fourth-order valence-electron chi connectivity index (χ4n) is 0.591. The van der Waals surface area contributed by atoms with Crippen molar-refractivity contribution in [2.24, 2.45) is 0 Å². The third-order valence-electron chi connectivity index (χ3n) is 1.15. The number of hydrogen-bond acceptors (Lipinski definition) is 2. The second kappa shape index (κ2) is 18.3. The van der Waals surface area contributed by atoms with E-state index in [0.29, 0.717) is 6.79 Å². The Hall–Kier alpha value is 1.42. The van der Waals surface area contributed by atoms with Crippen molar-refractivity contribution in [3.8, 4) is 0 Å². The van der Waals surface area contributed by atoms with Crippen LogP contribution in [-0.4, -0.2) is 43.1 Å². The van der Waals surface area contributed by atoms with Crippen LogP contribution in [0.4, 0.5) is 0 Å². The quantitative estimate of drug-likeness (QED) is 0.190. The van der Waals surface area contributed by atoms with Gasteiger partial charge in [-0.15, -0.1) is 0 Å². The Kier molecular flexibility index (Phi) is 29.0. The summed E-state index contributed by atoms with van der Waals surface area (Å²) in [5, 5.41) is 0. The summed E-state index contributed by atoms with van der Waals surface area (Å²) < 4.78 is 10.1. The molecule has 0 atom stereocenters. The molecule has 0 aromatic carbocycles. The fourth-order valence-corrected chi connectivity index (χ4v) is 0.591. The molecule has 0 unspecified atom stereocenters. The summed E-state index contributed by atoms with van der Waals surface area (Å²) in [5.74, 6) is 0. The summed E-state index contributed by atoms with van der Waals surface area (Å²) in [6, 6.07) is 0. The van der Waals surface area contributed by atoms with Gasteiger partial charge in [-0.05, 0) is 6.92 Å². The molecule has 0 saturated heterocycles. The van der Waals surface area contributed by atoms with Crippen molar-refractivity contribution in [2.45, 2.75) is 26.7 Å². The molecule has 0 spiro atoms. The van der Waals surface area contributed by atoms with Gasteiger partial charge < -0.3 is 39.9 Å². The van der Waals surface area contributed by atoms with Crippen molar-refractivity contribution in [3.05, 3.63) is 6.42 Å². The molecule has 0 bridgehead atoms. The average Bonchev–Trinajstić information content (AvgIpc) is 1.97. The van der Waals surface area contributed by atoms with E-state index in [1.165, 1.54) is 0 Å². The molecule has 0 N–H and O–H groups in total. The van der Waals surface area contributed by atoms with Gasteiger partial charge in [-0.1, -0.05) is 6.42 Å². The first-order chi connectivity index (χ1) is 4.91. The van der Waals surface area contributed by atoms with Gasteiger partial charge in [0.05, 0.1) is 0 Å². The van der Waals surface area contributed by atoms with Crippen LogP contribution in [0.2, 0.25) is 0 Å². The first kappa shape index (κ1) is 19.1.